The first-order valence-corrected chi connectivity index (χ1v) is 8.93. The molecule has 0 N–H and O–H groups in total. The van der Waals surface area contributed by atoms with E-state index in [1.54, 1.807) is 27.7 Å². The second kappa shape index (κ2) is 10.1. The largest absolute Gasteiger partial charge is 0.294 e. The van der Waals surface area contributed by atoms with Gasteiger partial charge >= 0.3 is 0 Å². The van der Waals surface area contributed by atoms with Crippen molar-refractivity contribution in [1.82, 2.24) is 0 Å². The Kier molecular flexibility index (Phi) is 9.28. The Labute approximate surface area is 154 Å². The zero-order valence-electron chi connectivity index (χ0n) is 15.4. The molecule has 0 aromatic rings. The maximum atomic E-state index is 12.2. The van der Waals surface area contributed by atoms with Crippen LogP contribution in [0.5, 0.6) is 0 Å². The molecule has 0 aromatic heterocycles. The summed E-state index contributed by atoms with van der Waals surface area (Å²) in [6.45, 7) is 20.5. The van der Waals surface area contributed by atoms with Gasteiger partial charge in [0.25, 0.3) is 0 Å². The Morgan fingerprint density at radius 2 is 0.800 bits per heavy atom. The third-order valence-corrected chi connectivity index (χ3v) is 4.66. The third-order valence-electron chi connectivity index (χ3n) is 3.52. The van der Waals surface area contributed by atoms with Gasteiger partial charge in [0, 0.05) is 11.5 Å². The van der Waals surface area contributed by atoms with Crippen LogP contribution < -0.4 is 0 Å². The summed E-state index contributed by atoms with van der Waals surface area (Å²) in [5.74, 6) is -2.91. The second-order valence-corrected chi connectivity index (χ2v) is 7.30. The molecule has 0 aliphatic rings. The van der Waals surface area contributed by atoms with Gasteiger partial charge in [-0.1, -0.05) is 26.3 Å². The Morgan fingerprint density at radius 1 is 0.600 bits per heavy atom. The number of thioether (sulfide) groups is 1. The lowest BCUT2D eigenvalue weighted by Gasteiger charge is -2.18. The molecule has 0 aromatic carbocycles. The van der Waals surface area contributed by atoms with Gasteiger partial charge in [-0.2, -0.15) is 11.8 Å². The highest BCUT2D eigenvalue weighted by atomic mass is 32.2. The SMILES string of the molecule is C=C(C)C(=O)C(CSCC(C(=O)C(=C)C)C(=O)C(=C)C)C(=O)C(=C)C. The summed E-state index contributed by atoms with van der Waals surface area (Å²) in [7, 11) is 0. The second-order valence-electron chi connectivity index (χ2n) is 6.22. The molecule has 0 saturated carbocycles. The van der Waals surface area contributed by atoms with Crippen LogP contribution in [0.25, 0.3) is 0 Å². The molecule has 0 aliphatic heterocycles. The maximum absolute atomic E-state index is 12.2. The molecule has 0 fully saturated rings. The molecule has 0 bridgehead atoms. The van der Waals surface area contributed by atoms with Gasteiger partial charge in [0.05, 0.1) is 11.8 Å². The summed E-state index contributed by atoms with van der Waals surface area (Å²) in [6, 6.07) is 0. The average molecular weight is 362 g/mol. The van der Waals surface area contributed by atoms with Gasteiger partial charge < -0.3 is 0 Å². The van der Waals surface area contributed by atoms with E-state index in [0.29, 0.717) is 0 Å². The number of hydrogen-bond donors (Lipinski definition) is 0. The summed E-state index contributed by atoms with van der Waals surface area (Å²) >= 11 is 1.20. The van der Waals surface area contributed by atoms with Crippen LogP contribution in [0.2, 0.25) is 0 Å². The van der Waals surface area contributed by atoms with E-state index >= 15 is 0 Å². The first kappa shape index (κ1) is 23.0. The molecule has 136 valence electrons. The molecule has 4 nitrogen and oxygen atoms in total. The van der Waals surface area contributed by atoms with Crippen molar-refractivity contribution in [3.05, 3.63) is 48.6 Å². The summed E-state index contributed by atoms with van der Waals surface area (Å²) in [5.41, 5.74) is 1.14. The Hall–Kier alpha value is -2.01. The summed E-state index contributed by atoms with van der Waals surface area (Å²) < 4.78 is 0. The third kappa shape index (κ3) is 6.78. The lowest BCUT2D eigenvalue weighted by molar-refractivity contribution is -0.128. The number of ketones is 4. The average Bonchev–Trinajstić information content (AvgIpc) is 2.52. The highest BCUT2D eigenvalue weighted by Crippen LogP contribution is 2.22. The minimum absolute atomic E-state index is 0.154. The predicted octanol–water partition coefficient (Wildman–Crippen LogP) is 3.53. The fraction of sp³-hybridized carbons (Fsp3) is 0.400. The van der Waals surface area contributed by atoms with Gasteiger partial charge in [-0.3, -0.25) is 19.2 Å². The van der Waals surface area contributed by atoms with Crippen LogP contribution in [-0.4, -0.2) is 34.6 Å². The number of carbonyl (C=O) groups excluding carboxylic acids is 4. The number of rotatable bonds is 12. The fourth-order valence-electron chi connectivity index (χ4n) is 2.03. The normalized spacial score (nSPS) is 10.5. The predicted molar refractivity (Wildman–Crippen MR) is 104 cm³/mol. The van der Waals surface area contributed by atoms with E-state index < -0.39 is 11.8 Å². The smallest absolute Gasteiger partial charge is 0.169 e. The van der Waals surface area contributed by atoms with Gasteiger partial charge in [-0.15, -0.1) is 0 Å². The van der Waals surface area contributed by atoms with Crippen molar-refractivity contribution >= 4 is 34.9 Å². The van der Waals surface area contributed by atoms with Crippen molar-refractivity contribution in [2.75, 3.05) is 11.5 Å². The van der Waals surface area contributed by atoms with Crippen LogP contribution in [0, 0.1) is 11.8 Å². The van der Waals surface area contributed by atoms with E-state index in [1.807, 2.05) is 0 Å². The van der Waals surface area contributed by atoms with E-state index in [0.717, 1.165) is 0 Å². The van der Waals surface area contributed by atoms with Crippen LogP contribution in [0.4, 0.5) is 0 Å². The van der Waals surface area contributed by atoms with Gasteiger partial charge in [0.15, 0.2) is 23.1 Å². The number of carbonyl (C=O) groups is 4. The van der Waals surface area contributed by atoms with Crippen molar-refractivity contribution in [3.63, 3.8) is 0 Å². The minimum Gasteiger partial charge on any atom is -0.294 e. The number of Topliss-reactive ketones (excluding diaryl/α,β-unsaturated/α-hetero) is 4. The molecule has 0 unspecified atom stereocenters. The Morgan fingerprint density at radius 3 is 0.960 bits per heavy atom. The van der Waals surface area contributed by atoms with Crippen LogP contribution in [0.3, 0.4) is 0 Å². The lowest BCUT2D eigenvalue weighted by Crippen LogP contribution is -2.30. The topological polar surface area (TPSA) is 68.3 Å². The van der Waals surface area contributed by atoms with Gasteiger partial charge in [-0.25, -0.2) is 0 Å². The van der Waals surface area contributed by atoms with E-state index in [9.17, 15) is 19.2 Å². The molecular weight excluding hydrogens is 336 g/mol. The standard InChI is InChI=1S/C20H26O4S/c1-11(2)17(21)15(18(22)12(3)4)9-25-10-16(19(23)13(5)6)20(24)14(7)8/h15-16H,1,3,5,7,9-10H2,2,4,6,8H3. The number of hydrogen-bond acceptors (Lipinski definition) is 5. The number of allylic oxidation sites excluding steroid dienone is 4. The maximum Gasteiger partial charge on any atom is 0.169 e. The molecule has 0 amide bonds. The molecule has 0 radical (unpaired) electrons. The van der Waals surface area contributed by atoms with Gasteiger partial charge in [-0.05, 0) is 50.0 Å². The van der Waals surface area contributed by atoms with Crippen molar-refractivity contribution < 1.29 is 19.2 Å². The molecule has 0 saturated heterocycles. The van der Waals surface area contributed by atoms with Gasteiger partial charge in [0.2, 0.25) is 0 Å². The zero-order chi connectivity index (χ0) is 19.9. The first-order chi connectivity index (χ1) is 11.4. The molecule has 5 heteroatoms. The Balaban J connectivity index is 5.25. The van der Waals surface area contributed by atoms with Crippen LogP contribution in [0.1, 0.15) is 27.7 Å². The van der Waals surface area contributed by atoms with Crippen LogP contribution >= 0.6 is 11.8 Å². The molecule has 0 spiro atoms. The zero-order valence-corrected chi connectivity index (χ0v) is 16.3. The minimum atomic E-state index is -0.902. The summed E-state index contributed by atoms with van der Waals surface area (Å²) in [6.07, 6.45) is 0. The monoisotopic (exact) mass is 362 g/mol. The Bertz CT molecular complexity index is 547. The molecule has 25 heavy (non-hydrogen) atoms. The van der Waals surface area contributed by atoms with Crippen LogP contribution in [0.15, 0.2) is 48.6 Å². The molecule has 0 aliphatic carbocycles. The van der Waals surface area contributed by atoms with Crippen molar-refractivity contribution in [1.29, 1.82) is 0 Å². The molecule has 0 heterocycles. The molecule has 0 rings (SSSR count). The van der Waals surface area contributed by atoms with Crippen LogP contribution in [-0.2, 0) is 19.2 Å². The van der Waals surface area contributed by atoms with E-state index in [4.69, 9.17) is 0 Å². The van der Waals surface area contributed by atoms with Crippen molar-refractivity contribution in [2.24, 2.45) is 11.8 Å². The van der Waals surface area contributed by atoms with E-state index in [1.165, 1.54) is 11.8 Å². The van der Waals surface area contributed by atoms with Gasteiger partial charge in [0.1, 0.15) is 0 Å². The van der Waals surface area contributed by atoms with E-state index in [2.05, 4.69) is 26.3 Å². The summed E-state index contributed by atoms with van der Waals surface area (Å²) in [5, 5.41) is 0. The first-order valence-electron chi connectivity index (χ1n) is 7.78. The quantitative estimate of drug-likeness (QED) is 0.392. The van der Waals surface area contributed by atoms with Crippen molar-refractivity contribution in [2.45, 2.75) is 27.7 Å². The molecule has 0 atom stereocenters. The fourth-order valence-corrected chi connectivity index (χ4v) is 3.25. The van der Waals surface area contributed by atoms with Crippen molar-refractivity contribution in [3.8, 4) is 0 Å². The lowest BCUT2D eigenvalue weighted by atomic mass is 9.93. The summed E-state index contributed by atoms with van der Waals surface area (Å²) in [4.78, 5) is 48.8. The highest BCUT2D eigenvalue weighted by Gasteiger charge is 2.30. The van der Waals surface area contributed by atoms with E-state index in [-0.39, 0.29) is 56.9 Å². The molecular formula is C20H26O4S. The highest BCUT2D eigenvalue weighted by molar-refractivity contribution is 7.99.